The summed E-state index contributed by atoms with van der Waals surface area (Å²) in [5, 5.41) is 14.4. The Bertz CT molecular complexity index is 485. The van der Waals surface area contributed by atoms with Gasteiger partial charge < -0.3 is 5.11 Å². The van der Waals surface area contributed by atoms with Crippen molar-refractivity contribution in [2.45, 2.75) is 26.9 Å². The molecular weight excluding hydrogens is 212 g/mol. The van der Waals surface area contributed by atoms with E-state index in [1.165, 1.54) is 5.56 Å². The molecule has 0 aliphatic heterocycles. The lowest BCUT2D eigenvalue weighted by Gasteiger charge is -2.16. The Morgan fingerprint density at radius 2 is 1.76 bits per heavy atom. The Labute approximate surface area is 102 Å². The number of aliphatic hydroxyl groups excluding tert-OH is 1. The lowest BCUT2D eigenvalue weighted by Crippen LogP contribution is -2.12. The smallest absolute Gasteiger partial charge is 0.0983 e. The molecule has 1 N–H and O–H groups in total. The summed E-state index contributed by atoms with van der Waals surface area (Å²) in [6, 6.07) is 9.98. The van der Waals surface area contributed by atoms with Gasteiger partial charge in [0.15, 0.2) is 0 Å². The molecule has 0 spiro atoms. The van der Waals surface area contributed by atoms with Crippen LogP contribution in [0.5, 0.6) is 0 Å². The van der Waals surface area contributed by atoms with E-state index in [2.05, 4.69) is 12.0 Å². The molecule has 0 aliphatic rings. The summed E-state index contributed by atoms with van der Waals surface area (Å²) in [6.45, 7) is 6.05. The minimum Gasteiger partial charge on any atom is -0.387 e. The van der Waals surface area contributed by atoms with Crippen LogP contribution >= 0.6 is 0 Å². The van der Waals surface area contributed by atoms with Crippen molar-refractivity contribution in [1.29, 1.82) is 0 Å². The zero-order valence-electron chi connectivity index (χ0n) is 10.5. The van der Waals surface area contributed by atoms with Gasteiger partial charge in [-0.3, -0.25) is 0 Å². The van der Waals surface area contributed by atoms with E-state index >= 15 is 0 Å². The van der Waals surface area contributed by atoms with Crippen molar-refractivity contribution < 1.29 is 5.11 Å². The van der Waals surface area contributed by atoms with Crippen molar-refractivity contribution in [2.75, 3.05) is 0 Å². The average molecular weight is 230 g/mol. The van der Waals surface area contributed by atoms with Gasteiger partial charge in [0, 0.05) is 6.20 Å². The highest BCUT2D eigenvalue weighted by molar-refractivity contribution is 5.35. The molecule has 3 nitrogen and oxygen atoms in total. The Hall–Kier alpha value is -1.61. The summed E-state index contributed by atoms with van der Waals surface area (Å²) in [7, 11) is 0. The van der Waals surface area contributed by atoms with Crippen LogP contribution in [0, 0.1) is 12.8 Å². The van der Waals surface area contributed by atoms with Gasteiger partial charge in [0.05, 0.1) is 17.5 Å². The van der Waals surface area contributed by atoms with E-state index in [0.717, 1.165) is 11.4 Å². The van der Waals surface area contributed by atoms with Crippen LogP contribution in [-0.2, 0) is 0 Å². The quantitative estimate of drug-likeness (QED) is 0.880. The van der Waals surface area contributed by atoms with E-state index in [0.29, 0.717) is 0 Å². The molecule has 0 radical (unpaired) electrons. The lowest BCUT2D eigenvalue weighted by molar-refractivity contribution is 0.120. The Balaban J connectivity index is 2.40. The fraction of sp³-hybridized carbons (Fsp3) is 0.357. The number of aromatic nitrogens is 2. The van der Waals surface area contributed by atoms with Crippen molar-refractivity contribution in [3.63, 3.8) is 0 Å². The second kappa shape index (κ2) is 4.72. The summed E-state index contributed by atoms with van der Waals surface area (Å²) in [4.78, 5) is 0. The van der Waals surface area contributed by atoms with Crippen LogP contribution in [0.25, 0.3) is 5.69 Å². The number of hydrogen-bond acceptors (Lipinski definition) is 2. The fourth-order valence-corrected chi connectivity index (χ4v) is 1.78. The van der Waals surface area contributed by atoms with Gasteiger partial charge in [-0.05, 0) is 31.0 Å². The maximum Gasteiger partial charge on any atom is 0.0983 e. The van der Waals surface area contributed by atoms with Crippen molar-refractivity contribution in [1.82, 2.24) is 9.78 Å². The molecule has 1 aromatic carbocycles. The standard InChI is InChI=1S/C14H18N2O/c1-10(2)14(17)13-8-9-15-16(13)12-6-4-11(3)5-7-12/h4-10,14,17H,1-3H3. The average Bonchev–Trinajstić information content (AvgIpc) is 2.77. The molecule has 90 valence electrons. The molecular formula is C14H18N2O. The first-order valence-electron chi connectivity index (χ1n) is 5.88. The summed E-state index contributed by atoms with van der Waals surface area (Å²) < 4.78 is 1.80. The van der Waals surface area contributed by atoms with Gasteiger partial charge in [-0.2, -0.15) is 5.10 Å². The summed E-state index contributed by atoms with van der Waals surface area (Å²) in [5.41, 5.74) is 3.03. The molecule has 17 heavy (non-hydrogen) atoms. The van der Waals surface area contributed by atoms with Gasteiger partial charge in [0.2, 0.25) is 0 Å². The first kappa shape index (κ1) is 11.9. The van der Waals surface area contributed by atoms with Crippen LogP contribution in [0.4, 0.5) is 0 Å². The molecule has 0 fully saturated rings. The van der Waals surface area contributed by atoms with Crippen LogP contribution in [-0.4, -0.2) is 14.9 Å². The molecule has 2 aromatic rings. The fourth-order valence-electron chi connectivity index (χ4n) is 1.78. The summed E-state index contributed by atoms with van der Waals surface area (Å²) in [6.07, 6.45) is 1.24. The van der Waals surface area contributed by atoms with Gasteiger partial charge in [-0.15, -0.1) is 0 Å². The SMILES string of the molecule is Cc1ccc(-n2nccc2C(O)C(C)C)cc1. The maximum absolute atomic E-state index is 10.1. The summed E-state index contributed by atoms with van der Waals surface area (Å²) in [5.74, 6) is 0.177. The third-order valence-corrected chi connectivity index (χ3v) is 2.89. The molecule has 1 atom stereocenters. The predicted molar refractivity (Wildman–Crippen MR) is 68.1 cm³/mol. The second-order valence-corrected chi connectivity index (χ2v) is 4.69. The highest BCUT2D eigenvalue weighted by Crippen LogP contribution is 2.23. The van der Waals surface area contributed by atoms with E-state index in [4.69, 9.17) is 0 Å². The molecule has 0 saturated heterocycles. The van der Waals surface area contributed by atoms with Gasteiger partial charge in [-0.25, -0.2) is 4.68 Å². The molecule has 0 amide bonds. The number of nitrogens with zero attached hydrogens (tertiary/aromatic N) is 2. The Kier molecular flexibility index (Phi) is 3.29. The molecule has 1 unspecified atom stereocenters. The van der Waals surface area contributed by atoms with Gasteiger partial charge >= 0.3 is 0 Å². The van der Waals surface area contributed by atoms with Crippen molar-refractivity contribution in [3.05, 3.63) is 47.8 Å². The van der Waals surface area contributed by atoms with Crippen LogP contribution in [0.2, 0.25) is 0 Å². The van der Waals surface area contributed by atoms with Crippen molar-refractivity contribution in [2.24, 2.45) is 5.92 Å². The minimum atomic E-state index is -0.487. The molecule has 3 heteroatoms. The predicted octanol–water partition coefficient (Wildman–Crippen LogP) is 2.87. The lowest BCUT2D eigenvalue weighted by atomic mass is 10.0. The zero-order chi connectivity index (χ0) is 12.4. The van der Waals surface area contributed by atoms with E-state index < -0.39 is 6.10 Å². The van der Waals surface area contributed by atoms with Crippen LogP contribution in [0.1, 0.15) is 31.2 Å². The number of aliphatic hydroxyl groups is 1. The van der Waals surface area contributed by atoms with Crippen molar-refractivity contribution >= 4 is 0 Å². The molecule has 0 aliphatic carbocycles. The topological polar surface area (TPSA) is 38.0 Å². The van der Waals surface area contributed by atoms with Gasteiger partial charge in [-0.1, -0.05) is 31.5 Å². The zero-order valence-corrected chi connectivity index (χ0v) is 10.5. The third kappa shape index (κ3) is 2.39. The van der Waals surface area contributed by atoms with Gasteiger partial charge in [0.1, 0.15) is 0 Å². The van der Waals surface area contributed by atoms with E-state index in [1.807, 2.05) is 44.2 Å². The Morgan fingerprint density at radius 1 is 1.12 bits per heavy atom. The molecule has 1 heterocycles. The first-order chi connectivity index (χ1) is 8.09. The van der Waals surface area contributed by atoms with Crippen LogP contribution < -0.4 is 0 Å². The first-order valence-corrected chi connectivity index (χ1v) is 5.88. The summed E-state index contributed by atoms with van der Waals surface area (Å²) >= 11 is 0. The molecule has 1 aromatic heterocycles. The van der Waals surface area contributed by atoms with E-state index in [9.17, 15) is 5.11 Å². The van der Waals surface area contributed by atoms with Crippen LogP contribution in [0.3, 0.4) is 0 Å². The number of rotatable bonds is 3. The number of aryl methyl sites for hydroxylation is 1. The van der Waals surface area contributed by atoms with Crippen molar-refractivity contribution in [3.8, 4) is 5.69 Å². The maximum atomic E-state index is 10.1. The Morgan fingerprint density at radius 3 is 2.35 bits per heavy atom. The minimum absolute atomic E-state index is 0.177. The highest BCUT2D eigenvalue weighted by Gasteiger charge is 2.17. The molecule has 0 saturated carbocycles. The monoisotopic (exact) mass is 230 g/mol. The van der Waals surface area contributed by atoms with Gasteiger partial charge in [0.25, 0.3) is 0 Å². The number of hydrogen-bond donors (Lipinski definition) is 1. The normalized spacial score (nSPS) is 13.0. The van der Waals surface area contributed by atoms with E-state index in [-0.39, 0.29) is 5.92 Å². The van der Waals surface area contributed by atoms with E-state index in [1.54, 1.807) is 10.9 Å². The number of benzene rings is 1. The molecule has 2 rings (SSSR count). The molecule has 0 bridgehead atoms. The van der Waals surface area contributed by atoms with Crippen LogP contribution in [0.15, 0.2) is 36.5 Å². The largest absolute Gasteiger partial charge is 0.387 e. The highest BCUT2D eigenvalue weighted by atomic mass is 16.3. The second-order valence-electron chi connectivity index (χ2n) is 4.69. The third-order valence-electron chi connectivity index (χ3n) is 2.89.